The number of nitrogens with zero attached hydrogens (tertiary/aromatic N) is 2. The number of carbonyl (C=O) groups is 2. The van der Waals surface area contributed by atoms with E-state index in [2.05, 4.69) is 15.6 Å². The quantitative estimate of drug-likeness (QED) is 0.545. The molecule has 1 atom stereocenters. The minimum absolute atomic E-state index is 0.0548. The Hall–Kier alpha value is -2.90. The molecule has 0 bridgehead atoms. The molecule has 2 heterocycles. The number of halogens is 1. The van der Waals surface area contributed by atoms with Crippen molar-refractivity contribution in [2.75, 3.05) is 23.7 Å². The van der Waals surface area contributed by atoms with Gasteiger partial charge in [-0.3, -0.25) is 9.59 Å². The zero-order valence-corrected chi connectivity index (χ0v) is 18.7. The van der Waals surface area contributed by atoms with Crippen LogP contribution in [0.2, 0.25) is 5.02 Å². The number of benzene rings is 2. The van der Waals surface area contributed by atoms with E-state index in [-0.39, 0.29) is 17.7 Å². The van der Waals surface area contributed by atoms with Crippen LogP contribution in [0, 0.1) is 12.8 Å². The number of para-hydroxylation sites is 1. The zero-order chi connectivity index (χ0) is 21.8. The lowest BCUT2D eigenvalue weighted by molar-refractivity contribution is -0.121. The minimum Gasteiger partial charge on any atom is -0.336 e. The molecular formula is C23H23ClN4O2S. The van der Waals surface area contributed by atoms with Gasteiger partial charge in [0.2, 0.25) is 5.91 Å². The van der Waals surface area contributed by atoms with E-state index in [1.165, 1.54) is 11.3 Å². The summed E-state index contributed by atoms with van der Waals surface area (Å²) in [7, 11) is 0. The monoisotopic (exact) mass is 454 g/mol. The van der Waals surface area contributed by atoms with Crippen molar-refractivity contribution >= 4 is 51.3 Å². The van der Waals surface area contributed by atoms with Crippen LogP contribution in [0.3, 0.4) is 0 Å². The second-order valence-electron chi connectivity index (χ2n) is 7.57. The Kier molecular flexibility index (Phi) is 6.53. The first-order chi connectivity index (χ1) is 15.0. The molecule has 1 fully saturated rings. The number of piperidine rings is 1. The molecule has 0 aliphatic carbocycles. The summed E-state index contributed by atoms with van der Waals surface area (Å²) in [5, 5.41) is 9.18. The first-order valence-electron chi connectivity index (χ1n) is 10.1. The molecule has 31 heavy (non-hydrogen) atoms. The molecule has 1 aromatic heterocycles. The van der Waals surface area contributed by atoms with E-state index < -0.39 is 0 Å². The van der Waals surface area contributed by atoms with Crippen molar-refractivity contribution < 1.29 is 9.59 Å². The fourth-order valence-corrected chi connectivity index (χ4v) is 4.45. The molecule has 3 aromatic rings. The highest BCUT2D eigenvalue weighted by Crippen LogP contribution is 2.27. The van der Waals surface area contributed by atoms with Gasteiger partial charge in [-0.25, -0.2) is 4.98 Å². The van der Waals surface area contributed by atoms with Gasteiger partial charge in [0.25, 0.3) is 5.91 Å². The summed E-state index contributed by atoms with van der Waals surface area (Å²) in [6, 6.07) is 15.0. The maximum absolute atomic E-state index is 13.0. The van der Waals surface area contributed by atoms with Gasteiger partial charge in [-0.1, -0.05) is 35.9 Å². The SMILES string of the molecule is Cc1ccc(Cl)cc1Nc1nc(C(=O)N2CCCC(C(=O)Nc3ccccc3)C2)cs1. The van der Waals surface area contributed by atoms with Crippen molar-refractivity contribution in [3.05, 3.63) is 70.2 Å². The van der Waals surface area contributed by atoms with Crippen molar-refractivity contribution in [3.63, 3.8) is 0 Å². The predicted molar refractivity (Wildman–Crippen MR) is 125 cm³/mol. The summed E-state index contributed by atoms with van der Waals surface area (Å²) in [5.74, 6) is -0.437. The van der Waals surface area contributed by atoms with Gasteiger partial charge < -0.3 is 15.5 Å². The molecule has 6 nitrogen and oxygen atoms in total. The van der Waals surface area contributed by atoms with Crippen LogP contribution < -0.4 is 10.6 Å². The number of hydrogen-bond donors (Lipinski definition) is 2. The molecule has 1 saturated heterocycles. The van der Waals surface area contributed by atoms with E-state index in [0.717, 1.165) is 29.8 Å². The van der Waals surface area contributed by atoms with E-state index in [9.17, 15) is 9.59 Å². The molecule has 0 saturated carbocycles. The van der Waals surface area contributed by atoms with Crippen LogP contribution in [-0.4, -0.2) is 34.8 Å². The molecule has 1 unspecified atom stereocenters. The number of thiazole rings is 1. The van der Waals surface area contributed by atoms with E-state index in [4.69, 9.17) is 11.6 Å². The van der Waals surface area contributed by atoms with Gasteiger partial charge in [-0.05, 0) is 49.6 Å². The normalized spacial score (nSPS) is 16.1. The van der Waals surface area contributed by atoms with E-state index in [1.54, 1.807) is 10.3 Å². The van der Waals surface area contributed by atoms with Crippen LogP contribution in [0.4, 0.5) is 16.5 Å². The molecule has 2 N–H and O–H groups in total. The Morgan fingerprint density at radius 1 is 1.19 bits per heavy atom. The number of anilines is 3. The third kappa shape index (κ3) is 5.24. The molecule has 4 rings (SSSR count). The van der Waals surface area contributed by atoms with Gasteiger partial charge in [0, 0.05) is 34.9 Å². The molecule has 0 radical (unpaired) electrons. The maximum Gasteiger partial charge on any atom is 0.273 e. The molecule has 8 heteroatoms. The predicted octanol–water partition coefficient (Wildman–Crippen LogP) is 5.34. The van der Waals surface area contributed by atoms with Crippen molar-refractivity contribution in [3.8, 4) is 0 Å². The lowest BCUT2D eigenvalue weighted by atomic mass is 9.96. The summed E-state index contributed by atoms with van der Waals surface area (Å²) < 4.78 is 0. The van der Waals surface area contributed by atoms with Crippen molar-refractivity contribution in [1.29, 1.82) is 0 Å². The number of rotatable bonds is 5. The van der Waals surface area contributed by atoms with Crippen molar-refractivity contribution in [2.24, 2.45) is 5.92 Å². The Labute approximate surface area is 190 Å². The Balaban J connectivity index is 1.40. The number of nitrogens with one attached hydrogen (secondary N) is 2. The third-order valence-corrected chi connectivity index (χ3v) is 6.28. The molecule has 1 aliphatic heterocycles. The fourth-order valence-electron chi connectivity index (χ4n) is 3.58. The number of aryl methyl sites for hydroxylation is 1. The molecular weight excluding hydrogens is 432 g/mol. The fraction of sp³-hybridized carbons (Fsp3) is 0.261. The van der Waals surface area contributed by atoms with E-state index in [1.807, 2.05) is 55.5 Å². The average molecular weight is 455 g/mol. The van der Waals surface area contributed by atoms with Gasteiger partial charge in [0.1, 0.15) is 5.69 Å². The zero-order valence-electron chi connectivity index (χ0n) is 17.1. The standard InChI is InChI=1S/C23H23ClN4O2S/c1-15-9-10-17(24)12-19(15)26-23-27-20(14-31-23)22(30)28-11-5-6-16(13-28)21(29)25-18-7-3-2-4-8-18/h2-4,7-10,12,14,16H,5-6,11,13H2,1H3,(H,25,29)(H,26,27). The summed E-state index contributed by atoms with van der Waals surface area (Å²) in [6.07, 6.45) is 1.55. The Bertz CT molecular complexity index is 1090. The van der Waals surface area contributed by atoms with Crippen LogP contribution in [0.25, 0.3) is 0 Å². The summed E-state index contributed by atoms with van der Waals surface area (Å²) in [4.78, 5) is 31.8. The van der Waals surface area contributed by atoms with Crippen LogP contribution in [-0.2, 0) is 4.79 Å². The number of carbonyl (C=O) groups excluding carboxylic acids is 2. The third-order valence-electron chi connectivity index (χ3n) is 5.29. The highest BCUT2D eigenvalue weighted by Gasteiger charge is 2.30. The van der Waals surface area contributed by atoms with Gasteiger partial charge in [-0.2, -0.15) is 0 Å². The topological polar surface area (TPSA) is 74.3 Å². The summed E-state index contributed by atoms with van der Waals surface area (Å²) in [6.45, 7) is 3.00. The van der Waals surface area contributed by atoms with E-state index >= 15 is 0 Å². The smallest absolute Gasteiger partial charge is 0.273 e. The molecule has 1 aliphatic rings. The van der Waals surface area contributed by atoms with Gasteiger partial charge in [0.15, 0.2) is 5.13 Å². The second-order valence-corrected chi connectivity index (χ2v) is 8.86. The lowest BCUT2D eigenvalue weighted by Crippen LogP contribution is -2.43. The largest absolute Gasteiger partial charge is 0.336 e. The Morgan fingerprint density at radius 2 is 2.00 bits per heavy atom. The lowest BCUT2D eigenvalue weighted by Gasteiger charge is -2.31. The second kappa shape index (κ2) is 9.49. The summed E-state index contributed by atoms with van der Waals surface area (Å²) in [5.41, 5.74) is 3.05. The van der Waals surface area contributed by atoms with Gasteiger partial charge in [-0.15, -0.1) is 11.3 Å². The van der Waals surface area contributed by atoms with Crippen LogP contribution in [0.5, 0.6) is 0 Å². The van der Waals surface area contributed by atoms with E-state index in [0.29, 0.717) is 28.9 Å². The van der Waals surface area contributed by atoms with Gasteiger partial charge in [0.05, 0.1) is 5.92 Å². The first kappa shape index (κ1) is 21.3. The van der Waals surface area contributed by atoms with Crippen molar-refractivity contribution in [2.45, 2.75) is 19.8 Å². The number of aromatic nitrogens is 1. The molecule has 2 amide bonds. The van der Waals surface area contributed by atoms with Crippen molar-refractivity contribution in [1.82, 2.24) is 9.88 Å². The summed E-state index contributed by atoms with van der Waals surface area (Å²) >= 11 is 7.45. The van der Waals surface area contributed by atoms with Gasteiger partial charge >= 0.3 is 0 Å². The molecule has 2 aromatic carbocycles. The number of amides is 2. The highest BCUT2D eigenvalue weighted by molar-refractivity contribution is 7.14. The maximum atomic E-state index is 13.0. The highest BCUT2D eigenvalue weighted by atomic mass is 35.5. The number of hydrogen-bond acceptors (Lipinski definition) is 5. The van der Waals surface area contributed by atoms with Crippen LogP contribution in [0.15, 0.2) is 53.9 Å². The number of likely N-dealkylation sites (tertiary alicyclic amines) is 1. The Morgan fingerprint density at radius 3 is 2.81 bits per heavy atom. The van der Waals surface area contributed by atoms with Crippen LogP contribution >= 0.6 is 22.9 Å². The molecule has 0 spiro atoms. The molecule has 160 valence electrons. The van der Waals surface area contributed by atoms with Crippen LogP contribution in [0.1, 0.15) is 28.9 Å². The average Bonchev–Trinajstić information content (AvgIpc) is 3.25. The first-order valence-corrected chi connectivity index (χ1v) is 11.4. The minimum atomic E-state index is -0.233.